The Labute approximate surface area is 150 Å². The van der Waals surface area contributed by atoms with Gasteiger partial charge in [0, 0.05) is 7.11 Å². The van der Waals surface area contributed by atoms with Gasteiger partial charge in [0.15, 0.2) is 0 Å². The van der Waals surface area contributed by atoms with Gasteiger partial charge in [0.05, 0.1) is 11.6 Å². The first kappa shape index (κ1) is 18.6. The van der Waals surface area contributed by atoms with Crippen molar-refractivity contribution < 1.29 is 9.47 Å². The van der Waals surface area contributed by atoms with Crippen molar-refractivity contribution in [1.82, 2.24) is 0 Å². The van der Waals surface area contributed by atoms with Crippen LogP contribution in [0.5, 0.6) is 5.75 Å². The minimum Gasteiger partial charge on any atom is -0.487 e. The van der Waals surface area contributed by atoms with E-state index in [1.807, 2.05) is 36.4 Å². The van der Waals surface area contributed by atoms with Crippen LogP contribution in [0.1, 0.15) is 37.5 Å². The fourth-order valence-electron chi connectivity index (χ4n) is 2.48. The van der Waals surface area contributed by atoms with Gasteiger partial charge in [0.25, 0.3) is 0 Å². The highest BCUT2D eigenvalue weighted by Crippen LogP contribution is 2.32. The maximum Gasteiger partial charge on any atom is 0.138 e. The maximum atomic E-state index is 6.39. The van der Waals surface area contributed by atoms with Crippen molar-refractivity contribution in [3.05, 3.63) is 70.8 Å². The molecule has 0 aliphatic rings. The zero-order valence-electron chi connectivity index (χ0n) is 14.9. The number of hydrogen-bond donors (Lipinski definition) is 0. The molecule has 3 heteroatoms. The lowest BCUT2D eigenvalue weighted by molar-refractivity contribution is 0.239. The van der Waals surface area contributed by atoms with Crippen LogP contribution in [0.15, 0.2) is 49.0 Å². The van der Waals surface area contributed by atoms with Crippen molar-refractivity contribution >= 4 is 17.2 Å². The Morgan fingerprint density at radius 3 is 2.46 bits per heavy atom. The number of benzene rings is 2. The van der Waals surface area contributed by atoms with Gasteiger partial charge in [-0.15, -0.1) is 0 Å². The molecule has 2 rings (SSSR count). The van der Waals surface area contributed by atoms with E-state index < -0.39 is 0 Å². The summed E-state index contributed by atoms with van der Waals surface area (Å²) in [7, 11) is 1.67. The minimum absolute atomic E-state index is 0.0622. The molecule has 0 N–H and O–H groups in total. The molecule has 0 fully saturated rings. The third-order valence-corrected chi connectivity index (χ3v) is 4.19. The zero-order chi connectivity index (χ0) is 17.7. The molecule has 0 amide bonds. The van der Waals surface area contributed by atoms with Gasteiger partial charge in [0.1, 0.15) is 12.4 Å². The van der Waals surface area contributed by atoms with E-state index >= 15 is 0 Å². The third-order valence-electron chi connectivity index (χ3n) is 3.90. The van der Waals surface area contributed by atoms with Crippen molar-refractivity contribution in [1.29, 1.82) is 0 Å². The summed E-state index contributed by atoms with van der Waals surface area (Å²) >= 11 is 6.39. The molecule has 2 aromatic rings. The summed E-state index contributed by atoms with van der Waals surface area (Å²) in [6.45, 7) is 11.5. The summed E-state index contributed by atoms with van der Waals surface area (Å²) in [6.07, 6.45) is 0. The van der Waals surface area contributed by atoms with Crippen LogP contribution in [-0.2, 0) is 16.8 Å². The SMILES string of the molecule is C=C(COC)c1ccccc1COc1ccc(C(C)(C)C)cc1Cl. The van der Waals surface area contributed by atoms with E-state index in [0.29, 0.717) is 24.0 Å². The van der Waals surface area contributed by atoms with Crippen LogP contribution in [0, 0.1) is 0 Å². The number of ether oxygens (including phenoxy) is 2. The number of halogens is 1. The Morgan fingerprint density at radius 2 is 1.83 bits per heavy atom. The number of rotatable bonds is 6. The summed E-state index contributed by atoms with van der Waals surface area (Å²) in [5, 5.41) is 0.635. The summed E-state index contributed by atoms with van der Waals surface area (Å²) in [5.74, 6) is 0.692. The third kappa shape index (κ3) is 4.62. The van der Waals surface area contributed by atoms with E-state index in [-0.39, 0.29) is 5.41 Å². The van der Waals surface area contributed by atoms with Crippen molar-refractivity contribution in [2.24, 2.45) is 0 Å². The second-order valence-electron chi connectivity index (χ2n) is 6.88. The van der Waals surface area contributed by atoms with Gasteiger partial charge >= 0.3 is 0 Å². The lowest BCUT2D eigenvalue weighted by Gasteiger charge is -2.20. The molecule has 2 aromatic carbocycles. The van der Waals surface area contributed by atoms with Gasteiger partial charge < -0.3 is 9.47 Å². The van der Waals surface area contributed by atoms with Crippen LogP contribution in [0.25, 0.3) is 5.57 Å². The van der Waals surface area contributed by atoms with Gasteiger partial charge in [-0.25, -0.2) is 0 Å². The topological polar surface area (TPSA) is 18.5 Å². The average Bonchev–Trinajstić information content (AvgIpc) is 2.53. The smallest absolute Gasteiger partial charge is 0.138 e. The normalized spacial score (nSPS) is 11.4. The Bertz CT molecular complexity index is 714. The molecule has 0 saturated heterocycles. The molecular weight excluding hydrogens is 320 g/mol. The highest BCUT2D eigenvalue weighted by molar-refractivity contribution is 6.32. The Kier molecular flexibility index (Phi) is 6.09. The van der Waals surface area contributed by atoms with Crippen molar-refractivity contribution in [2.45, 2.75) is 32.8 Å². The van der Waals surface area contributed by atoms with Gasteiger partial charge in [-0.2, -0.15) is 0 Å². The molecule has 0 spiro atoms. The van der Waals surface area contributed by atoms with Crippen molar-refractivity contribution in [3.63, 3.8) is 0 Å². The van der Waals surface area contributed by atoms with E-state index in [0.717, 1.165) is 16.7 Å². The Balaban J connectivity index is 2.16. The lowest BCUT2D eigenvalue weighted by atomic mass is 9.87. The highest BCUT2D eigenvalue weighted by Gasteiger charge is 2.15. The van der Waals surface area contributed by atoms with Crippen LogP contribution in [0.4, 0.5) is 0 Å². The van der Waals surface area contributed by atoms with Crippen molar-refractivity contribution in [3.8, 4) is 5.75 Å². The zero-order valence-corrected chi connectivity index (χ0v) is 15.6. The standard InChI is InChI=1S/C21H25ClO2/c1-15(13-23-5)18-9-7-6-8-16(18)14-24-20-11-10-17(12-19(20)22)21(2,3)4/h6-12H,1,13-14H2,2-5H3. The monoisotopic (exact) mass is 344 g/mol. The summed E-state index contributed by atoms with van der Waals surface area (Å²) < 4.78 is 11.1. The van der Waals surface area contributed by atoms with E-state index in [9.17, 15) is 0 Å². The van der Waals surface area contributed by atoms with Crippen LogP contribution >= 0.6 is 11.6 Å². The maximum absolute atomic E-state index is 6.39. The molecule has 0 radical (unpaired) electrons. The molecule has 0 aliphatic carbocycles. The van der Waals surface area contributed by atoms with Crippen molar-refractivity contribution in [2.75, 3.05) is 13.7 Å². The lowest BCUT2D eigenvalue weighted by Crippen LogP contribution is -2.11. The Hall–Kier alpha value is -1.77. The van der Waals surface area contributed by atoms with Crippen LogP contribution in [0.2, 0.25) is 5.02 Å². The summed E-state index contributed by atoms with van der Waals surface area (Å²) in [6, 6.07) is 14.0. The first-order valence-electron chi connectivity index (χ1n) is 8.00. The van der Waals surface area contributed by atoms with Crippen LogP contribution in [0.3, 0.4) is 0 Å². The van der Waals surface area contributed by atoms with Crippen LogP contribution < -0.4 is 4.74 Å². The fraction of sp³-hybridized carbons (Fsp3) is 0.333. The first-order chi connectivity index (χ1) is 11.3. The second kappa shape index (κ2) is 7.87. The highest BCUT2D eigenvalue weighted by atomic mass is 35.5. The molecule has 0 aliphatic heterocycles. The summed E-state index contributed by atoms with van der Waals surface area (Å²) in [4.78, 5) is 0. The Morgan fingerprint density at radius 1 is 1.12 bits per heavy atom. The molecule has 24 heavy (non-hydrogen) atoms. The predicted molar refractivity (Wildman–Crippen MR) is 102 cm³/mol. The number of hydrogen-bond acceptors (Lipinski definition) is 2. The van der Waals surface area contributed by atoms with E-state index in [2.05, 4.69) is 33.4 Å². The molecule has 0 aromatic heterocycles. The van der Waals surface area contributed by atoms with Gasteiger partial charge in [0.2, 0.25) is 0 Å². The first-order valence-corrected chi connectivity index (χ1v) is 8.38. The molecule has 128 valence electrons. The minimum atomic E-state index is 0.0622. The van der Waals surface area contributed by atoms with Crippen LogP contribution in [-0.4, -0.2) is 13.7 Å². The van der Waals surface area contributed by atoms with Gasteiger partial charge in [-0.05, 0) is 39.8 Å². The van der Waals surface area contributed by atoms with Gasteiger partial charge in [-0.3, -0.25) is 0 Å². The molecule has 0 unspecified atom stereocenters. The molecule has 0 saturated carbocycles. The number of methoxy groups -OCH3 is 1. The quantitative estimate of drug-likeness (QED) is 0.651. The average molecular weight is 345 g/mol. The van der Waals surface area contributed by atoms with E-state index in [4.69, 9.17) is 21.1 Å². The predicted octanol–water partition coefficient (Wildman–Crippen LogP) is 5.88. The molecule has 0 atom stereocenters. The second-order valence-corrected chi connectivity index (χ2v) is 7.28. The molecule has 0 heterocycles. The molecular formula is C21H25ClO2. The largest absolute Gasteiger partial charge is 0.487 e. The van der Waals surface area contributed by atoms with E-state index in [1.165, 1.54) is 5.56 Å². The van der Waals surface area contributed by atoms with Gasteiger partial charge in [-0.1, -0.05) is 69.3 Å². The van der Waals surface area contributed by atoms with E-state index in [1.54, 1.807) is 7.11 Å². The molecule has 0 bridgehead atoms. The summed E-state index contributed by atoms with van der Waals surface area (Å²) in [5.41, 5.74) is 4.31. The molecule has 2 nitrogen and oxygen atoms in total. The fourth-order valence-corrected chi connectivity index (χ4v) is 2.72.